The van der Waals surface area contributed by atoms with E-state index >= 15 is 0 Å². The van der Waals surface area contributed by atoms with E-state index in [0.717, 1.165) is 29.8 Å². The molecule has 132 valence electrons. The molecule has 2 aromatic carbocycles. The molecule has 0 bridgehead atoms. The fourth-order valence-electron chi connectivity index (χ4n) is 3.09. The van der Waals surface area contributed by atoms with Crippen LogP contribution in [0.15, 0.2) is 59.5 Å². The smallest absolute Gasteiger partial charge is 0.238 e. The van der Waals surface area contributed by atoms with Crippen molar-refractivity contribution < 1.29 is 9.18 Å². The Labute approximate surface area is 152 Å². The van der Waals surface area contributed by atoms with Crippen LogP contribution in [0.4, 0.5) is 4.39 Å². The van der Waals surface area contributed by atoms with Gasteiger partial charge in [-0.05, 0) is 56.1 Å². The second kappa shape index (κ2) is 8.50. The Kier molecular flexibility index (Phi) is 6.10. The second-order valence-electron chi connectivity index (χ2n) is 6.45. The molecule has 2 aromatic rings. The van der Waals surface area contributed by atoms with Gasteiger partial charge in [-0.15, -0.1) is 11.8 Å². The zero-order valence-corrected chi connectivity index (χ0v) is 15.1. The minimum Gasteiger partial charge on any atom is -0.352 e. The fraction of sp³-hybridized carbons (Fsp3) is 0.350. The van der Waals surface area contributed by atoms with Crippen LogP contribution in [0.25, 0.3) is 0 Å². The van der Waals surface area contributed by atoms with Gasteiger partial charge in [-0.25, -0.2) is 4.39 Å². The molecule has 1 aliphatic rings. The first kappa shape index (κ1) is 18.0. The molecule has 0 saturated carbocycles. The Bertz CT molecular complexity index is 693. The largest absolute Gasteiger partial charge is 0.352 e. The summed E-state index contributed by atoms with van der Waals surface area (Å²) in [6.45, 7) is 3.06. The minimum atomic E-state index is -0.350. The summed E-state index contributed by atoms with van der Waals surface area (Å²) in [7, 11) is 0. The van der Waals surface area contributed by atoms with Crippen LogP contribution in [-0.4, -0.2) is 24.5 Å². The average Bonchev–Trinajstić information content (AvgIpc) is 2.62. The molecule has 3 nitrogen and oxygen atoms in total. The molecular formula is C20H23FN2OS. The predicted octanol–water partition coefficient (Wildman–Crippen LogP) is 3.92. The molecule has 5 heteroatoms. The fourth-order valence-corrected chi connectivity index (χ4v) is 4.12. The molecule has 1 amide bonds. The van der Waals surface area contributed by atoms with Gasteiger partial charge in [-0.2, -0.15) is 0 Å². The third-order valence-electron chi connectivity index (χ3n) is 4.38. The molecule has 0 spiro atoms. The Hall–Kier alpha value is -1.85. The van der Waals surface area contributed by atoms with E-state index in [9.17, 15) is 9.18 Å². The molecular weight excluding hydrogens is 335 g/mol. The van der Waals surface area contributed by atoms with Gasteiger partial charge in [0.05, 0.1) is 0 Å². The van der Waals surface area contributed by atoms with Crippen molar-refractivity contribution in [3.05, 3.63) is 66.0 Å². The van der Waals surface area contributed by atoms with Gasteiger partial charge < -0.3 is 10.6 Å². The van der Waals surface area contributed by atoms with Gasteiger partial charge in [0.1, 0.15) is 11.1 Å². The van der Waals surface area contributed by atoms with Gasteiger partial charge in [0, 0.05) is 17.0 Å². The Morgan fingerprint density at radius 3 is 2.60 bits per heavy atom. The summed E-state index contributed by atoms with van der Waals surface area (Å²) >= 11 is 1.45. The first-order valence-electron chi connectivity index (χ1n) is 8.63. The van der Waals surface area contributed by atoms with E-state index < -0.39 is 0 Å². The molecule has 25 heavy (non-hydrogen) atoms. The molecule has 1 heterocycles. The van der Waals surface area contributed by atoms with Crippen molar-refractivity contribution >= 4 is 17.7 Å². The number of hydrogen-bond acceptors (Lipinski definition) is 3. The summed E-state index contributed by atoms with van der Waals surface area (Å²) in [6.07, 6.45) is 1.88. The van der Waals surface area contributed by atoms with Crippen LogP contribution in [0, 0.1) is 5.82 Å². The highest BCUT2D eigenvalue weighted by Gasteiger charge is 2.26. The van der Waals surface area contributed by atoms with Crippen molar-refractivity contribution in [1.82, 2.24) is 10.6 Å². The second-order valence-corrected chi connectivity index (χ2v) is 7.63. The number of nitrogens with one attached hydrogen (secondary N) is 2. The molecule has 1 fully saturated rings. The summed E-state index contributed by atoms with van der Waals surface area (Å²) in [5.74, 6) is -0.256. The van der Waals surface area contributed by atoms with E-state index in [1.54, 1.807) is 12.1 Å². The molecule has 1 aliphatic heterocycles. The Morgan fingerprint density at radius 1 is 1.20 bits per heavy atom. The van der Waals surface area contributed by atoms with Crippen LogP contribution < -0.4 is 10.6 Å². The summed E-state index contributed by atoms with van der Waals surface area (Å²) < 4.78 is 13.2. The number of halogens is 1. The molecule has 0 radical (unpaired) electrons. The van der Waals surface area contributed by atoms with E-state index in [4.69, 9.17) is 0 Å². The van der Waals surface area contributed by atoms with Crippen molar-refractivity contribution in [1.29, 1.82) is 0 Å². The van der Waals surface area contributed by atoms with E-state index in [2.05, 4.69) is 17.6 Å². The first-order valence-corrected chi connectivity index (χ1v) is 9.50. The average molecular weight is 358 g/mol. The van der Waals surface area contributed by atoms with Crippen LogP contribution in [0.3, 0.4) is 0 Å². The topological polar surface area (TPSA) is 41.1 Å². The highest BCUT2D eigenvalue weighted by Crippen LogP contribution is 2.35. The third kappa shape index (κ3) is 5.06. The van der Waals surface area contributed by atoms with Crippen LogP contribution in [0.2, 0.25) is 0 Å². The zero-order chi connectivity index (χ0) is 17.6. The van der Waals surface area contributed by atoms with Gasteiger partial charge in [0.15, 0.2) is 0 Å². The lowest BCUT2D eigenvalue weighted by molar-refractivity contribution is -0.121. The van der Waals surface area contributed by atoms with Crippen LogP contribution in [0.5, 0.6) is 0 Å². The molecule has 0 aliphatic carbocycles. The number of carbonyl (C=O) groups is 1. The van der Waals surface area contributed by atoms with Crippen LogP contribution >= 0.6 is 11.8 Å². The van der Waals surface area contributed by atoms with Crippen molar-refractivity contribution in [2.75, 3.05) is 6.54 Å². The highest BCUT2D eigenvalue weighted by molar-refractivity contribution is 8.00. The molecule has 3 unspecified atom stereocenters. The Morgan fingerprint density at radius 2 is 1.92 bits per heavy atom. The van der Waals surface area contributed by atoms with Crippen LogP contribution in [-0.2, 0) is 4.79 Å². The van der Waals surface area contributed by atoms with E-state index in [0.29, 0.717) is 6.04 Å². The molecule has 1 saturated heterocycles. The van der Waals surface area contributed by atoms with E-state index in [1.165, 1.54) is 23.9 Å². The van der Waals surface area contributed by atoms with E-state index in [1.807, 2.05) is 30.3 Å². The Balaban J connectivity index is 1.75. The number of hydrogen-bond donors (Lipinski definition) is 2. The quantitative estimate of drug-likeness (QED) is 0.796. The number of piperidine rings is 1. The van der Waals surface area contributed by atoms with Gasteiger partial charge in [0.2, 0.25) is 5.91 Å². The molecule has 0 aromatic heterocycles. The monoisotopic (exact) mass is 358 g/mol. The minimum absolute atomic E-state index is 0.0135. The molecule has 3 rings (SSSR count). The number of benzene rings is 2. The predicted molar refractivity (Wildman–Crippen MR) is 100 cm³/mol. The number of carbonyl (C=O) groups excluding carboxylic acids is 1. The summed E-state index contributed by atoms with van der Waals surface area (Å²) in [5.41, 5.74) is 0.955. The summed E-state index contributed by atoms with van der Waals surface area (Å²) in [6, 6.07) is 16.6. The van der Waals surface area contributed by atoms with E-state index in [-0.39, 0.29) is 23.0 Å². The number of thioether (sulfide) groups is 1. The molecule has 3 atom stereocenters. The first-order chi connectivity index (χ1) is 12.1. The lowest BCUT2D eigenvalue weighted by atomic mass is 10.00. The number of rotatable bonds is 5. The summed E-state index contributed by atoms with van der Waals surface area (Å²) in [4.78, 5) is 13.8. The lowest BCUT2D eigenvalue weighted by Crippen LogP contribution is -2.47. The SMILES string of the molecule is CC1CC(NC(=O)C(Sc2ccc(F)cc2)c2ccccc2)CCN1. The van der Waals surface area contributed by atoms with Gasteiger partial charge in [-0.3, -0.25) is 4.79 Å². The summed E-state index contributed by atoms with van der Waals surface area (Å²) in [5, 5.41) is 6.25. The standard InChI is InChI=1S/C20H23FN2OS/c1-14-13-17(11-12-22-14)23-20(24)19(15-5-3-2-4-6-15)25-18-9-7-16(21)8-10-18/h2-10,14,17,19,22H,11-13H2,1H3,(H,23,24). The van der Waals surface area contributed by atoms with Crippen LogP contribution in [0.1, 0.15) is 30.6 Å². The van der Waals surface area contributed by atoms with Gasteiger partial charge in [-0.1, -0.05) is 30.3 Å². The van der Waals surface area contributed by atoms with Crippen molar-refractivity contribution in [3.8, 4) is 0 Å². The highest BCUT2D eigenvalue weighted by atomic mass is 32.2. The zero-order valence-electron chi connectivity index (χ0n) is 14.2. The lowest BCUT2D eigenvalue weighted by Gasteiger charge is -2.30. The normalized spacial score (nSPS) is 21.5. The van der Waals surface area contributed by atoms with Crippen molar-refractivity contribution in [3.63, 3.8) is 0 Å². The molecule has 2 N–H and O–H groups in total. The maximum Gasteiger partial charge on any atom is 0.238 e. The number of amides is 1. The van der Waals surface area contributed by atoms with Gasteiger partial charge in [0.25, 0.3) is 0 Å². The van der Waals surface area contributed by atoms with Gasteiger partial charge >= 0.3 is 0 Å². The maximum absolute atomic E-state index is 13.2. The maximum atomic E-state index is 13.2. The van der Waals surface area contributed by atoms with Crippen molar-refractivity contribution in [2.24, 2.45) is 0 Å². The third-order valence-corrected chi connectivity index (χ3v) is 5.64. The van der Waals surface area contributed by atoms with Crippen molar-refractivity contribution in [2.45, 2.75) is 42.0 Å².